The fraction of sp³-hybridized carbons (Fsp3) is 0.240. The molecule has 36 heavy (non-hydrogen) atoms. The molecule has 1 saturated heterocycles. The van der Waals surface area contributed by atoms with Gasteiger partial charge >= 0.3 is 0 Å². The minimum atomic E-state index is -4.05. The van der Waals surface area contributed by atoms with Crippen molar-refractivity contribution >= 4 is 26.0 Å². The maximum atomic E-state index is 13.4. The summed E-state index contributed by atoms with van der Waals surface area (Å²) in [5.41, 5.74) is 0.784. The number of carbonyl (C=O) groups excluding carboxylic acids is 1. The molecule has 1 aliphatic rings. The number of amides is 1. The average molecular weight is 530 g/mol. The fourth-order valence-electron chi connectivity index (χ4n) is 3.98. The van der Waals surface area contributed by atoms with Crippen LogP contribution in [-0.2, 0) is 31.4 Å². The second-order valence-corrected chi connectivity index (χ2v) is 12.0. The molecule has 1 atom stereocenters. The van der Waals surface area contributed by atoms with Crippen molar-refractivity contribution in [2.45, 2.75) is 22.4 Å². The number of hydrogen-bond donors (Lipinski definition) is 1. The van der Waals surface area contributed by atoms with Crippen LogP contribution in [0.2, 0.25) is 0 Å². The average Bonchev–Trinajstić information content (AvgIpc) is 2.92. The SMILES string of the molecule is COc1ccc(CNC(=O)C2CN(S(=O)(=O)c3ccccc3)CCN2S(=O)(=O)c2ccccc2)cc1. The van der Waals surface area contributed by atoms with Crippen LogP contribution in [0.3, 0.4) is 0 Å². The van der Waals surface area contributed by atoms with Crippen molar-refractivity contribution in [1.82, 2.24) is 13.9 Å². The summed E-state index contributed by atoms with van der Waals surface area (Å²) < 4.78 is 60.7. The van der Waals surface area contributed by atoms with Crippen molar-refractivity contribution in [2.24, 2.45) is 0 Å². The molecule has 0 radical (unpaired) electrons. The molecule has 0 bridgehead atoms. The van der Waals surface area contributed by atoms with Gasteiger partial charge in [0, 0.05) is 26.2 Å². The highest BCUT2D eigenvalue weighted by Crippen LogP contribution is 2.25. The van der Waals surface area contributed by atoms with Crippen LogP contribution in [0.25, 0.3) is 0 Å². The van der Waals surface area contributed by atoms with Crippen molar-refractivity contribution in [3.63, 3.8) is 0 Å². The summed E-state index contributed by atoms with van der Waals surface area (Å²) in [5, 5.41) is 2.76. The van der Waals surface area contributed by atoms with Gasteiger partial charge in [0.1, 0.15) is 11.8 Å². The highest BCUT2D eigenvalue weighted by atomic mass is 32.2. The molecule has 1 heterocycles. The van der Waals surface area contributed by atoms with E-state index in [1.807, 2.05) is 0 Å². The van der Waals surface area contributed by atoms with E-state index in [0.717, 1.165) is 14.2 Å². The first-order chi connectivity index (χ1) is 17.2. The Morgan fingerprint density at radius 3 is 1.94 bits per heavy atom. The van der Waals surface area contributed by atoms with E-state index in [-0.39, 0.29) is 36.0 Å². The minimum Gasteiger partial charge on any atom is -0.497 e. The third kappa shape index (κ3) is 5.44. The highest BCUT2D eigenvalue weighted by Gasteiger charge is 2.43. The van der Waals surface area contributed by atoms with Crippen LogP contribution in [-0.4, -0.2) is 64.1 Å². The van der Waals surface area contributed by atoms with Crippen LogP contribution in [0.15, 0.2) is 94.7 Å². The lowest BCUT2D eigenvalue weighted by Crippen LogP contribution is -2.61. The summed E-state index contributed by atoms with van der Waals surface area (Å²) in [7, 11) is -6.41. The number of methoxy groups -OCH3 is 1. The van der Waals surface area contributed by atoms with Crippen molar-refractivity contribution in [3.8, 4) is 5.75 Å². The molecule has 3 aromatic carbocycles. The summed E-state index contributed by atoms with van der Waals surface area (Å²) in [4.78, 5) is 13.5. The van der Waals surface area contributed by atoms with Gasteiger partial charge in [0.15, 0.2) is 0 Å². The predicted molar refractivity (Wildman–Crippen MR) is 134 cm³/mol. The Morgan fingerprint density at radius 2 is 1.39 bits per heavy atom. The molecule has 4 rings (SSSR count). The van der Waals surface area contributed by atoms with Crippen molar-refractivity contribution < 1.29 is 26.4 Å². The monoisotopic (exact) mass is 529 g/mol. The Labute approximate surface area is 211 Å². The predicted octanol–water partition coefficient (Wildman–Crippen LogP) is 2.08. The standard InChI is InChI=1S/C25H27N3O6S2/c1-34-21-14-12-20(13-15-21)18-26-25(29)24-19-27(35(30,31)22-8-4-2-5-9-22)16-17-28(24)36(32,33)23-10-6-3-7-11-23/h2-15,24H,16-19H2,1H3,(H,26,29). The molecule has 1 N–H and O–H groups in total. The lowest BCUT2D eigenvalue weighted by molar-refractivity contribution is -0.126. The van der Waals surface area contributed by atoms with E-state index in [2.05, 4.69) is 5.32 Å². The number of benzene rings is 3. The molecule has 0 aromatic heterocycles. The van der Waals surface area contributed by atoms with Crippen LogP contribution < -0.4 is 10.1 Å². The molecule has 0 saturated carbocycles. The Balaban J connectivity index is 1.61. The summed E-state index contributed by atoms with van der Waals surface area (Å²) >= 11 is 0. The first-order valence-corrected chi connectivity index (χ1v) is 14.1. The van der Waals surface area contributed by atoms with E-state index < -0.39 is 32.0 Å². The molecule has 0 aliphatic carbocycles. The van der Waals surface area contributed by atoms with E-state index in [1.165, 1.54) is 24.3 Å². The molecule has 0 spiro atoms. The van der Waals surface area contributed by atoms with Gasteiger partial charge in [0.05, 0.1) is 16.9 Å². The lowest BCUT2D eigenvalue weighted by Gasteiger charge is -2.39. The second kappa shape index (κ2) is 10.8. The Kier molecular flexibility index (Phi) is 7.74. The van der Waals surface area contributed by atoms with Crippen LogP contribution in [0.1, 0.15) is 5.56 Å². The highest BCUT2D eigenvalue weighted by molar-refractivity contribution is 7.89. The topological polar surface area (TPSA) is 113 Å². The molecule has 9 nitrogen and oxygen atoms in total. The first-order valence-electron chi connectivity index (χ1n) is 11.3. The number of carbonyl (C=O) groups is 1. The van der Waals surface area contributed by atoms with E-state index >= 15 is 0 Å². The first kappa shape index (κ1) is 25.8. The number of nitrogens with zero attached hydrogens (tertiary/aromatic N) is 2. The number of rotatable bonds is 8. The zero-order valence-corrected chi connectivity index (χ0v) is 21.3. The van der Waals surface area contributed by atoms with Crippen LogP contribution in [0.4, 0.5) is 0 Å². The van der Waals surface area contributed by atoms with Gasteiger partial charge in [-0.3, -0.25) is 4.79 Å². The van der Waals surface area contributed by atoms with Gasteiger partial charge in [-0.15, -0.1) is 0 Å². The van der Waals surface area contributed by atoms with E-state index in [9.17, 15) is 21.6 Å². The summed E-state index contributed by atoms with van der Waals surface area (Å²) in [6.45, 7) is -0.406. The summed E-state index contributed by atoms with van der Waals surface area (Å²) in [5.74, 6) is 0.0810. The van der Waals surface area contributed by atoms with Gasteiger partial charge in [-0.1, -0.05) is 48.5 Å². The molecule has 3 aromatic rings. The molecule has 190 valence electrons. The summed E-state index contributed by atoms with van der Waals surface area (Å²) in [6, 6.07) is 21.5. The second-order valence-electron chi connectivity index (χ2n) is 8.19. The van der Waals surface area contributed by atoms with Crippen LogP contribution >= 0.6 is 0 Å². The van der Waals surface area contributed by atoms with E-state index in [1.54, 1.807) is 67.8 Å². The van der Waals surface area contributed by atoms with Gasteiger partial charge in [-0.25, -0.2) is 16.8 Å². The van der Waals surface area contributed by atoms with Gasteiger partial charge in [0.25, 0.3) is 0 Å². The molecule has 1 aliphatic heterocycles. The van der Waals surface area contributed by atoms with Crippen molar-refractivity contribution in [1.29, 1.82) is 0 Å². The number of piperazine rings is 1. The normalized spacial score (nSPS) is 17.4. The van der Waals surface area contributed by atoms with Crippen LogP contribution in [0.5, 0.6) is 5.75 Å². The zero-order chi connectivity index (χ0) is 25.8. The smallest absolute Gasteiger partial charge is 0.243 e. The van der Waals surface area contributed by atoms with Gasteiger partial charge < -0.3 is 10.1 Å². The number of nitrogens with one attached hydrogen (secondary N) is 1. The lowest BCUT2D eigenvalue weighted by atomic mass is 10.2. The molecular formula is C25H27N3O6S2. The zero-order valence-electron chi connectivity index (χ0n) is 19.6. The van der Waals surface area contributed by atoms with Crippen molar-refractivity contribution in [3.05, 3.63) is 90.5 Å². The third-order valence-electron chi connectivity index (χ3n) is 5.95. The fourth-order valence-corrected chi connectivity index (χ4v) is 7.03. The maximum Gasteiger partial charge on any atom is 0.243 e. The maximum absolute atomic E-state index is 13.4. The molecule has 11 heteroatoms. The Hall–Kier alpha value is -3.25. The Bertz CT molecular complexity index is 1400. The number of ether oxygens (including phenoxy) is 1. The number of hydrogen-bond acceptors (Lipinski definition) is 6. The molecule has 1 amide bonds. The Morgan fingerprint density at radius 1 is 0.833 bits per heavy atom. The van der Waals surface area contributed by atoms with Gasteiger partial charge in [0.2, 0.25) is 26.0 Å². The summed E-state index contributed by atoms with van der Waals surface area (Å²) in [6.07, 6.45) is 0. The number of sulfonamides is 2. The van der Waals surface area contributed by atoms with Crippen molar-refractivity contribution in [2.75, 3.05) is 26.7 Å². The quantitative estimate of drug-likeness (QED) is 0.478. The van der Waals surface area contributed by atoms with Crippen LogP contribution in [0, 0.1) is 0 Å². The van der Waals surface area contributed by atoms with Gasteiger partial charge in [-0.2, -0.15) is 8.61 Å². The molecular weight excluding hydrogens is 502 g/mol. The molecule has 1 unspecified atom stereocenters. The minimum absolute atomic E-state index is 0.0392. The molecule has 1 fully saturated rings. The van der Waals surface area contributed by atoms with Gasteiger partial charge in [-0.05, 0) is 42.0 Å². The van der Waals surface area contributed by atoms with E-state index in [4.69, 9.17) is 4.74 Å². The largest absolute Gasteiger partial charge is 0.497 e. The third-order valence-corrected chi connectivity index (χ3v) is 9.75. The van der Waals surface area contributed by atoms with E-state index in [0.29, 0.717) is 5.75 Å².